The van der Waals surface area contributed by atoms with Crippen molar-refractivity contribution in [1.29, 1.82) is 0 Å². The summed E-state index contributed by atoms with van der Waals surface area (Å²) in [5, 5.41) is 2.79. The smallest absolute Gasteiger partial charge is 0.224 e. The van der Waals surface area contributed by atoms with Crippen LogP contribution in [-0.2, 0) is 14.6 Å². The second-order valence-corrected chi connectivity index (χ2v) is 6.33. The van der Waals surface area contributed by atoms with Crippen LogP contribution < -0.4 is 5.32 Å². The molecule has 0 aliphatic carbocycles. The van der Waals surface area contributed by atoms with Crippen LogP contribution in [0.1, 0.15) is 32.6 Å². The van der Waals surface area contributed by atoms with Crippen LogP contribution in [0.25, 0.3) is 0 Å². The Bertz CT molecular complexity index is 311. The average molecular weight is 233 g/mol. The fraction of sp³-hybridized carbons (Fsp3) is 0.900. The summed E-state index contributed by atoms with van der Waals surface area (Å²) >= 11 is 0. The highest BCUT2D eigenvalue weighted by Gasteiger charge is 2.29. The zero-order valence-electron chi connectivity index (χ0n) is 9.16. The van der Waals surface area contributed by atoms with Crippen molar-refractivity contribution in [2.45, 2.75) is 32.6 Å². The van der Waals surface area contributed by atoms with Crippen molar-refractivity contribution in [2.75, 3.05) is 18.1 Å². The van der Waals surface area contributed by atoms with Crippen LogP contribution in [0, 0.1) is 5.92 Å². The highest BCUT2D eigenvalue weighted by Crippen LogP contribution is 2.18. The second kappa shape index (κ2) is 5.49. The third-order valence-corrected chi connectivity index (χ3v) is 4.48. The van der Waals surface area contributed by atoms with Gasteiger partial charge in [0.2, 0.25) is 5.91 Å². The van der Waals surface area contributed by atoms with E-state index in [1.54, 1.807) is 0 Å². The topological polar surface area (TPSA) is 63.2 Å². The summed E-state index contributed by atoms with van der Waals surface area (Å²) in [5.74, 6) is -0.135. The van der Waals surface area contributed by atoms with E-state index in [0.717, 1.165) is 12.8 Å². The molecule has 88 valence electrons. The number of hydrogen-bond donors (Lipinski definition) is 1. The summed E-state index contributed by atoms with van der Waals surface area (Å²) in [5.41, 5.74) is 0. The predicted molar refractivity (Wildman–Crippen MR) is 59.3 cm³/mol. The van der Waals surface area contributed by atoms with Gasteiger partial charge >= 0.3 is 0 Å². The molecule has 1 atom stereocenters. The molecule has 0 aromatic carbocycles. The predicted octanol–water partition coefficient (Wildman–Crippen LogP) is 0.728. The summed E-state index contributed by atoms with van der Waals surface area (Å²) < 4.78 is 22.6. The highest BCUT2D eigenvalue weighted by atomic mass is 32.2. The molecule has 1 fully saturated rings. The summed E-state index contributed by atoms with van der Waals surface area (Å²) in [6, 6.07) is 0. The van der Waals surface area contributed by atoms with E-state index >= 15 is 0 Å². The van der Waals surface area contributed by atoms with Gasteiger partial charge in [0.25, 0.3) is 0 Å². The molecule has 15 heavy (non-hydrogen) atoms. The Hall–Kier alpha value is -0.580. The highest BCUT2D eigenvalue weighted by molar-refractivity contribution is 7.91. The number of nitrogens with one attached hydrogen (secondary N) is 1. The maximum Gasteiger partial charge on any atom is 0.224 e. The second-order valence-electron chi connectivity index (χ2n) is 4.10. The van der Waals surface area contributed by atoms with Gasteiger partial charge in [-0.15, -0.1) is 0 Å². The van der Waals surface area contributed by atoms with Crippen molar-refractivity contribution in [1.82, 2.24) is 5.32 Å². The number of carbonyl (C=O) groups is 1. The van der Waals surface area contributed by atoms with E-state index in [1.165, 1.54) is 0 Å². The number of unbranched alkanes of at least 4 members (excludes halogenated alkanes) is 1. The molecule has 0 spiro atoms. The Balaban J connectivity index is 2.39. The number of hydrogen-bond acceptors (Lipinski definition) is 3. The Morgan fingerprint density at radius 1 is 1.47 bits per heavy atom. The molecule has 1 aliphatic rings. The molecule has 0 aromatic heterocycles. The molecule has 1 rings (SSSR count). The van der Waals surface area contributed by atoms with Crippen LogP contribution in [0.4, 0.5) is 0 Å². The largest absolute Gasteiger partial charge is 0.356 e. The van der Waals surface area contributed by atoms with Gasteiger partial charge in [-0.1, -0.05) is 13.3 Å². The van der Waals surface area contributed by atoms with Crippen LogP contribution in [0.2, 0.25) is 0 Å². The van der Waals surface area contributed by atoms with Gasteiger partial charge in [0, 0.05) is 6.54 Å². The van der Waals surface area contributed by atoms with Crippen LogP contribution in [0.5, 0.6) is 0 Å². The molecule has 0 radical (unpaired) electrons. The maximum absolute atomic E-state index is 11.6. The van der Waals surface area contributed by atoms with Gasteiger partial charge in [-0.2, -0.15) is 0 Å². The average Bonchev–Trinajstić information content (AvgIpc) is 2.16. The standard InChI is InChI=1S/C10H19NO3S/c1-2-3-6-11-10(12)9-5-4-7-15(13,14)8-9/h9H,2-8H2,1H3,(H,11,12). The van der Waals surface area contributed by atoms with Crippen molar-refractivity contribution < 1.29 is 13.2 Å². The summed E-state index contributed by atoms with van der Waals surface area (Å²) in [6.07, 6.45) is 3.31. The first kappa shape index (κ1) is 12.5. The van der Waals surface area contributed by atoms with Crippen molar-refractivity contribution in [3.05, 3.63) is 0 Å². The Morgan fingerprint density at radius 2 is 2.20 bits per heavy atom. The van der Waals surface area contributed by atoms with E-state index in [0.29, 0.717) is 19.4 Å². The quantitative estimate of drug-likeness (QED) is 0.728. The SMILES string of the molecule is CCCCNC(=O)C1CCCS(=O)(=O)C1. The summed E-state index contributed by atoms with van der Waals surface area (Å²) in [6.45, 7) is 2.71. The Kier molecular flexibility index (Phi) is 4.57. The van der Waals surface area contributed by atoms with Crippen LogP contribution in [0.15, 0.2) is 0 Å². The van der Waals surface area contributed by atoms with Gasteiger partial charge in [-0.05, 0) is 19.3 Å². The van der Waals surface area contributed by atoms with E-state index in [2.05, 4.69) is 12.2 Å². The molecule has 1 heterocycles. The number of carbonyl (C=O) groups excluding carboxylic acids is 1. The molecular formula is C10H19NO3S. The number of rotatable bonds is 4. The van der Waals surface area contributed by atoms with Gasteiger partial charge in [-0.25, -0.2) is 8.42 Å². The zero-order valence-corrected chi connectivity index (χ0v) is 9.98. The fourth-order valence-corrected chi connectivity index (χ4v) is 3.47. The molecule has 0 aromatic rings. The van der Waals surface area contributed by atoms with E-state index in [4.69, 9.17) is 0 Å². The van der Waals surface area contributed by atoms with Crippen LogP contribution in [-0.4, -0.2) is 32.4 Å². The molecule has 1 unspecified atom stereocenters. The maximum atomic E-state index is 11.6. The minimum Gasteiger partial charge on any atom is -0.356 e. The van der Waals surface area contributed by atoms with Crippen LogP contribution >= 0.6 is 0 Å². The minimum absolute atomic E-state index is 0.0327. The number of sulfone groups is 1. The van der Waals surface area contributed by atoms with Gasteiger partial charge in [0.1, 0.15) is 0 Å². The third-order valence-electron chi connectivity index (χ3n) is 2.66. The van der Waals surface area contributed by atoms with E-state index < -0.39 is 9.84 Å². The van der Waals surface area contributed by atoms with Crippen molar-refractivity contribution >= 4 is 15.7 Å². The monoisotopic (exact) mass is 233 g/mol. The first-order chi connectivity index (χ1) is 7.05. The molecule has 1 amide bonds. The molecule has 4 nitrogen and oxygen atoms in total. The molecular weight excluding hydrogens is 214 g/mol. The lowest BCUT2D eigenvalue weighted by Gasteiger charge is -2.21. The lowest BCUT2D eigenvalue weighted by molar-refractivity contribution is -0.124. The van der Waals surface area contributed by atoms with Crippen molar-refractivity contribution in [3.8, 4) is 0 Å². The Labute approximate surface area is 91.4 Å². The van der Waals surface area contributed by atoms with Gasteiger partial charge in [-0.3, -0.25) is 4.79 Å². The lowest BCUT2D eigenvalue weighted by atomic mass is 10.0. The summed E-state index contributed by atoms with van der Waals surface area (Å²) in [4.78, 5) is 11.6. The van der Waals surface area contributed by atoms with Gasteiger partial charge in [0.15, 0.2) is 9.84 Å². The number of amides is 1. The van der Waals surface area contributed by atoms with Crippen molar-refractivity contribution in [2.24, 2.45) is 5.92 Å². The molecule has 1 saturated heterocycles. The lowest BCUT2D eigenvalue weighted by Crippen LogP contribution is -2.38. The molecule has 0 saturated carbocycles. The van der Waals surface area contributed by atoms with E-state index in [1.807, 2.05) is 0 Å². The van der Waals surface area contributed by atoms with E-state index in [9.17, 15) is 13.2 Å². The Morgan fingerprint density at radius 3 is 2.80 bits per heavy atom. The first-order valence-electron chi connectivity index (χ1n) is 5.53. The third kappa shape index (κ3) is 4.20. The molecule has 1 aliphatic heterocycles. The molecule has 1 N–H and O–H groups in total. The van der Waals surface area contributed by atoms with Crippen LogP contribution in [0.3, 0.4) is 0 Å². The fourth-order valence-electron chi connectivity index (χ4n) is 1.76. The normalized spacial score (nSPS) is 24.7. The summed E-state index contributed by atoms with van der Waals surface area (Å²) in [7, 11) is -2.97. The first-order valence-corrected chi connectivity index (χ1v) is 7.35. The van der Waals surface area contributed by atoms with Gasteiger partial charge < -0.3 is 5.32 Å². The minimum atomic E-state index is -2.97. The van der Waals surface area contributed by atoms with Crippen molar-refractivity contribution in [3.63, 3.8) is 0 Å². The van der Waals surface area contributed by atoms with Gasteiger partial charge in [0.05, 0.1) is 17.4 Å². The zero-order chi connectivity index (χ0) is 11.3. The molecule has 0 bridgehead atoms. The van der Waals surface area contributed by atoms with E-state index in [-0.39, 0.29) is 23.3 Å². The molecule has 5 heteroatoms.